The second-order valence-electron chi connectivity index (χ2n) is 3.97. The molecule has 3 aromatic rings. The van der Waals surface area contributed by atoms with Crippen molar-refractivity contribution in [2.75, 3.05) is 5.32 Å². The third-order valence-electron chi connectivity index (χ3n) is 2.78. The molecule has 0 aliphatic carbocycles. The Morgan fingerprint density at radius 1 is 1.06 bits per heavy atom. The van der Waals surface area contributed by atoms with Crippen LogP contribution < -0.4 is 5.32 Å². The van der Waals surface area contributed by atoms with E-state index in [1.807, 2.05) is 30.3 Å². The summed E-state index contributed by atoms with van der Waals surface area (Å²) in [6.45, 7) is 0.799. The number of nitrogens with one attached hydrogen (secondary N) is 1. The van der Waals surface area contributed by atoms with Crippen LogP contribution in [0.3, 0.4) is 0 Å². The maximum Gasteiger partial charge on any atom is 0.117 e. The summed E-state index contributed by atoms with van der Waals surface area (Å²) in [5, 5.41) is 5.77. The molecule has 0 saturated heterocycles. The van der Waals surface area contributed by atoms with E-state index in [9.17, 15) is 0 Å². The van der Waals surface area contributed by atoms with Crippen LogP contribution in [0.15, 0.2) is 53.0 Å². The summed E-state index contributed by atoms with van der Waals surface area (Å²) in [5.41, 5.74) is 2.30. The zero-order valence-corrected chi connectivity index (χ0v) is 12.0. The van der Waals surface area contributed by atoms with Gasteiger partial charge in [0.15, 0.2) is 0 Å². The van der Waals surface area contributed by atoms with E-state index >= 15 is 0 Å². The molecule has 0 atom stereocenters. The van der Waals surface area contributed by atoms with Crippen LogP contribution in [-0.2, 0) is 6.54 Å². The quantitative estimate of drug-likeness (QED) is 0.759. The molecule has 3 rings (SSSR count). The van der Waals surface area contributed by atoms with Gasteiger partial charge in [0.05, 0.1) is 5.52 Å². The Labute approximate surface area is 118 Å². The van der Waals surface area contributed by atoms with Crippen LogP contribution in [0.4, 0.5) is 5.00 Å². The van der Waals surface area contributed by atoms with Gasteiger partial charge in [-0.1, -0.05) is 46.3 Å². The van der Waals surface area contributed by atoms with Crippen LogP contribution >= 0.6 is 27.5 Å². The number of hydrogen-bond donors (Lipinski definition) is 1. The van der Waals surface area contributed by atoms with Gasteiger partial charge in [0.2, 0.25) is 0 Å². The summed E-state index contributed by atoms with van der Waals surface area (Å²) in [4.78, 5) is 0. The van der Waals surface area contributed by atoms with Crippen molar-refractivity contribution < 1.29 is 0 Å². The third-order valence-corrected chi connectivity index (χ3v) is 4.39. The lowest BCUT2D eigenvalue weighted by molar-refractivity contribution is 1.15. The Morgan fingerprint density at radius 3 is 2.72 bits per heavy atom. The van der Waals surface area contributed by atoms with Crippen LogP contribution in [0.2, 0.25) is 0 Å². The maximum atomic E-state index is 4.42. The molecule has 1 aromatic heterocycles. The largest absolute Gasteiger partial charge is 0.371 e. The highest BCUT2D eigenvalue weighted by Crippen LogP contribution is 2.28. The smallest absolute Gasteiger partial charge is 0.117 e. The minimum Gasteiger partial charge on any atom is -0.371 e. The molecule has 0 aliphatic rings. The Hall–Kier alpha value is -1.39. The van der Waals surface area contributed by atoms with Crippen LogP contribution in [-0.4, -0.2) is 4.37 Å². The van der Waals surface area contributed by atoms with Crippen molar-refractivity contribution in [1.29, 1.82) is 0 Å². The van der Waals surface area contributed by atoms with Crippen molar-refractivity contribution in [2.45, 2.75) is 6.54 Å². The fourth-order valence-corrected chi connectivity index (χ4v) is 3.02. The van der Waals surface area contributed by atoms with Gasteiger partial charge in [0, 0.05) is 16.4 Å². The first kappa shape index (κ1) is 11.7. The van der Waals surface area contributed by atoms with Gasteiger partial charge in [-0.25, -0.2) is 0 Å². The number of fused-ring (bicyclic) bond motifs is 1. The van der Waals surface area contributed by atoms with Crippen LogP contribution in [0.1, 0.15) is 5.56 Å². The highest BCUT2D eigenvalue weighted by molar-refractivity contribution is 9.10. The van der Waals surface area contributed by atoms with E-state index in [2.05, 4.69) is 43.8 Å². The Bertz CT molecular complexity index is 678. The number of anilines is 1. The van der Waals surface area contributed by atoms with Gasteiger partial charge in [-0.3, -0.25) is 0 Å². The second-order valence-corrected chi connectivity index (χ2v) is 5.60. The highest BCUT2D eigenvalue weighted by Gasteiger charge is 2.05. The van der Waals surface area contributed by atoms with E-state index in [-0.39, 0.29) is 0 Å². The lowest BCUT2D eigenvalue weighted by Gasteiger charge is -2.06. The monoisotopic (exact) mass is 318 g/mol. The molecule has 2 nitrogen and oxygen atoms in total. The Balaban J connectivity index is 1.83. The second kappa shape index (κ2) is 5.08. The molecule has 0 saturated carbocycles. The van der Waals surface area contributed by atoms with E-state index in [1.54, 1.807) is 0 Å². The fraction of sp³-hybridized carbons (Fsp3) is 0.0714. The van der Waals surface area contributed by atoms with E-state index in [0.29, 0.717) is 0 Å². The fourth-order valence-electron chi connectivity index (χ4n) is 1.83. The SMILES string of the molecule is Brc1ccccc1CNc1snc2ccccc12. The predicted molar refractivity (Wildman–Crippen MR) is 81.1 cm³/mol. The molecule has 0 bridgehead atoms. The normalized spacial score (nSPS) is 10.7. The number of aromatic nitrogens is 1. The van der Waals surface area contributed by atoms with Gasteiger partial charge in [0.1, 0.15) is 5.00 Å². The first-order chi connectivity index (χ1) is 8.84. The molecule has 0 amide bonds. The predicted octanol–water partition coefficient (Wildman–Crippen LogP) is 4.67. The standard InChI is InChI=1S/C14H11BrN2S/c15-12-7-3-1-5-10(12)9-16-14-11-6-2-4-8-13(11)17-18-14/h1-8,16H,9H2. The van der Waals surface area contributed by atoms with Crippen LogP contribution in [0.5, 0.6) is 0 Å². The average Bonchev–Trinajstić information content (AvgIpc) is 2.81. The van der Waals surface area contributed by atoms with Gasteiger partial charge < -0.3 is 5.32 Å². The summed E-state index contributed by atoms with van der Waals surface area (Å²) < 4.78 is 5.55. The van der Waals surface area contributed by atoms with Crippen LogP contribution in [0, 0.1) is 0 Å². The van der Waals surface area contributed by atoms with Crippen LogP contribution in [0.25, 0.3) is 10.9 Å². The first-order valence-electron chi connectivity index (χ1n) is 5.66. The number of nitrogens with zero attached hydrogens (tertiary/aromatic N) is 1. The molecule has 90 valence electrons. The van der Waals surface area contributed by atoms with Gasteiger partial charge in [-0.15, -0.1) is 0 Å². The van der Waals surface area contributed by atoms with Gasteiger partial charge in [0.25, 0.3) is 0 Å². The van der Waals surface area contributed by atoms with Crippen molar-refractivity contribution >= 4 is 43.4 Å². The van der Waals surface area contributed by atoms with Gasteiger partial charge in [-0.05, 0) is 35.3 Å². The number of hydrogen-bond acceptors (Lipinski definition) is 3. The molecule has 4 heteroatoms. The molecular weight excluding hydrogens is 308 g/mol. The van der Waals surface area contributed by atoms with Crippen molar-refractivity contribution in [1.82, 2.24) is 4.37 Å². The van der Waals surface area contributed by atoms with Crippen molar-refractivity contribution in [2.24, 2.45) is 0 Å². The minimum atomic E-state index is 0.799. The molecule has 1 heterocycles. The maximum absolute atomic E-state index is 4.42. The summed E-state index contributed by atoms with van der Waals surface area (Å²) in [6, 6.07) is 16.4. The van der Waals surface area contributed by atoms with E-state index < -0.39 is 0 Å². The number of benzene rings is 2. The molecule has 18 heavy (non-hydrogen) atoms. The Kier molecular flexibility index (Phi) is 3.30. The van der Waals surface area contributed by atoms with Gasteiger partial charge in [-0.2, -0.15) is 4.37 Å². The summed E-state index contributed by atoms with van der Waals surface area (Å²) in [6.07, 6.45) is 0. The van der Waals surface area contributed by atoms with Gasteiger partial charge >= 0.3 is 0 Å². The molecule has 0 fully saturated rings. The highest BCUT2D eigenvalue weighted by atomic mass is 79.9. The minimum absolute atomic E-state index is 0.799. The molecule has 0 unspecified atom stereocenters. The number of rotatable bonds is 3. The topological polar surface area (TPSA) is 24.9 Å². The lowest BCUT2D eigenvalue weighted by Crippen LogP contribution is -1.98. The van der Waals surface area contributed by atoms with Crippen molar-refractivity contribution in [3.8, 4) is 0 Å². The molecule has 2 aromatic carbocycles. The Morgan fingerprint density at radius 2 is 1.83 bits per heavy atom. The lowest BCUT2D eigenvalue weighted by atomic mass is 10.2. The molecular formula is C14H11BrN2S. The number of halogens is 1. The summed E-state index contributed by atoms with van der Waals surface area (Å²) in [7, 11) is 0. The van der Waals surface area contributed by atoms with Crippen molar-refractivity contribution in [3.05, 3.63) is 58.6 Å². The zero-order chi connectivity index (χ0) is 12.4. The molecule has 0 radical (unpaired) electrons. The molecule has 0 aliphatic heterocycles. The van der Waals surface area contributed by atoms with E-state index in [0.717, 1.165) is 21.5 Å². The molecule has 1 N–H and O–H groups in total. The zero-order valence-electron chi connectivity index (χ0n) is 9.56. The average molecular weight is 319 g/mol. The van der Waals surface area contributed by atoms with Crippen molar-refractivity contribution in [3.63, 3.8) is 0 Å². The van der Waals surface area contributed by atoms with E-state index in [1.165, 1.54) is 22.5 Å². The molecule has 0 spiro atoms. The summed E-state index contributed by atoms with van der Waals surface area (Å²) >= 11 is 5.07. The van der Waals surface area contributed by atoms with E-state index in [4.69, 9.17) is 0 Å². The third kappa shape index (κ3) is 2.26. The first-order valence-corrected chi connectivity index (χ1v) is 7.23. The summed E-state index contributed by atoms with van der Waals surface area (Å²) in [5.74, 6) is 0.